The molecule has 2 fully saturated rings. The number of hydrogen-bond acceptors (Lipinski definition) is 2. The highest BCUT2D eigenvalue weighted by Crippen LogP contribution is 2.38. The van der Waals surface area contributed by atoms with Crippen LogP contribution in [0.3, 0.4) is 0 Å². The van der Waals surface area contributed by atoms with Crippen LogP contribution in [0.5, 0.6) is 0 Å². The Morgan fingerprint density at radius 2 is 1.90 bits per heavy atom. The van der Waals surface area contributed by atoms with Crippen LogP contribution < -0.4 is 21.1 Å². The first kappa shape index (κ1) is 12.5. The van der Waals surface area contributed by atoms with Crippen LogP contribution in [0.4, 0.5) is 0 Å². The van der Waals surface area contributed by atoms with E-state index < -0.39 is 0 Å². The summed E-state index contributed by atoms with van der Waals surface area (Å²) < 4.78 is 0. The summed E-state index contributed by atoms with van der Waals surface area (Å²) in [6.45, 7) is 2.16. The summed E-state index contributed by atoms with van der Waals surface area (Å²) in [5.41, 5.74) is 1.46. The Morgan fingerprint density at radius 3 is 2.90 bits per heavy atom. The second-order valence-corrected chi connectivity index (χ2v) is 6.51. The van der Waals surface area contributed by atoms with E-state index in [-0.39, 0.29) is 0 Å². The molecular formula is C18H24N2. The molecule has 1 aromatic carbocycles. The van der Waals surface area contributed by atoms with Gasteiger partial charge in [-0.3, -0.25) is 0 Å². The van der Waals surface area contributed by atoms with Gasteiger partial charge in [-0.2, -0.15) is 0 Å². The lowest BCUT2D eigenvalue weighted by molar-refractivity contribution is 0.156. The van der Waals surface area contributed by atoms with Gasteiger partial charge in [-0.05, 0) is 36.4 Å². The van der Waals surface area contributed by atoms with Gasteiger partial charge in [0, 0.05) is 17.5 Å². The van der Waals surface area contributed by atoms with Gasteiger partial charge in [0.05, 0.1) is 6.04 Å². The minimum absolute atomic E-state index is 0.545. The van der Waals surface area contributed by atoms with E-state index in [0.29, 0.717) is 6.04 Å². The minimum Gasteiger partial charge on any atom is -0.383 e. The maximum Gasteiger partial charge on any atom is 0.0507 e. The Morgan fingerprint density at radius 1 is 1.00 bits per heavy atom. The van der Waals surface area contributed by atoms with Gasteiger partial charge in [0.25, 0.3) is 0 Å². The molecular weight excluding hydrogens is 244 g/mol. The lowest BCUT2D eigenvalue weighted by atomic mass is 9.70. The van der Waals surface area contributed by atoms with Crippen molar-refractivity contribution in [2.24, 2.45) is 11.8 Å². The van der Waals surface area contributed by atoms with E-state index in [1.54, 1.807) is 0 Å². The Labute approximate surface area is 121 Å². The van der Waals surface area contributed by atoms with Crippen LogP contribution in [0.15, 0.2) is 24.3 Å². The molecule has 1 saturated heterocycles. The number of fused-ring (bicyclic) bond motifs is 2. The SMILES string of the molecule is C1=c2ccccc2=C(C2NCCC3CCCCC32)NC1. The molecule has 1 aromatic rings. The largest absolute Gasteiger partial charge is 0.383 e. The van der Waals surface area contributed by atoms with Crippen molar-refractivity contribution in [1.82, 2.24) is 10.6 Å². The lowest BCUT2D eigenvalue weighted by Crippen LogP contribution is -2.54. The maximum absolute atomic E-state index is 3.82. The van der Waals surface area contributed by atoms with Gasteiger partial charge < -0.3 is 10.6 Å². The molecule has 3 aliphatic rings. The van der Waals surface area contributed by atoms with Crippen LogP contribution in [0.25, 0.3) is 11.8 Å². The van der Waals surface area contributed by atoms with Gasteiger partial charge in [0.15, 0.2) is 0 Å². The Balaban J connectivity index is 1.78. The van der Waals surface area contributed by atoms with Crippen LogP contribution in [0.1, 0.15) is 32.1 Å². The number of benzene rings is 1. The topological polar surface area (TPSA) is 24.1 Å². The Bertz CT molecular complexity index is 602. The molecule has 0 bridgehead atoms. The summed E-state index contributed by atoms with van der Waals surface area (Å²) >= 11 is 0. The fraction of sp³-hybridized carbons (Fsp3) is 0.556. The van der Waals surface area contributed by atoms with Crippen LogP contribution >= 0.6 is 0 Å². The molecule has 1 saturated carbocycles. The van der Waals surface area contributed by atoms with E-state index in [9.17, 15) is 0 Å². The molecule has 0 amide bonds. The van der Waals surface area contributed by atoms with Gasteiger partial charge in [-0.15, -0.1) is 0 Å². The van der Waals surface area contributed by atoms with Crippen molar-refractivity contribution in [3.8, 4) is 0 Å². The van der Waals surface area contributed by atoms with Crippen LogP contribution in [0.2, 0.25) is 0 Å². The van der Waals surface area contributed by atoms with Gasteiger partial charge >= 0.3 is 0 Å². The monoisotopic (exact) mass is 268 g/mol. The summed E-state index contributed by atoms with van der Waals surface area (Å²) in [5, 5.41) is 10.3. The van der Waals surface area contributed by atoms with Crippen molar-refractivity contribution in [3.05, 3.63) is 34.7 Å². The third-order valence-corrected chi connectivity index (χ3v) is 5.45. The van der Waals surface area contributed by atoms with E-state index in [1.807, 2.05) is 0 Å². The molecule has 2 heterocycles. The third-order valence-electron chi connectivity index (χ3n) is 5.45. The standard InChI is InChI=1S/C18H24N2/c1-3-7-15-13(5-1)9-11-19-17(15)18-16-8-4-2-6-14(16)10-12-20-18/h1,3,5,7,9,14,16,18-20H,2,4,6,8,10-12H2. The fourth-order valence-corrected chi connectivity index (χ4v) is 4.49. The number of rotatable bonds is 1. The molecule has 4 rings (SSSR count). The Hall–Kier alpha value is -1.28. The van der Waals surface area contributed by atoms with E-state index in [2.05, 4.69) is 41.0 Å². The van der Waals surface area contributed by atoms with Gasteiger partial charge in [-0.1, -0.05) is 49.6 Å². The molecule has 20 heavy (non-hydrogen) atoms. The van der Waals surface area contributed by atoms with E-state index in [4.69, 9.17) is 0 Å². The van der Waals surface area contributed by atoms with Crippen molar-refractivity contribution in [2.75, 3.05) is 13.1 Å². The molecule has 2 N–H and O–H groups in total. The molecule has 2 nitrogen and oxygen atoms in total. The van der Waals surface area contributed by atoms with Crippen molar-refractivity contribution in [1.29, 1.82) is 0 Å². The summed E-state index contributed by atoms with van der Waals surface area (Å²) in [5.74, 6) is 1.79. The smallest absolute Gasteiger partial charge is 0.0507 e. The first-order valence-electron chi connectivity index (χ1n) is 8.20. The van der Waals surface area contributed by atoms with Crippen LogP contribution in [-0.2, 0) is 0 Å². The summed E-state index contributed by atoms with van der Waals surface area (Å²) in [4.78, 5) is 0. The average Bonchev–Trinajstić information content (AvgIpc) is 2.54. The molecule has 0 radical (unpaired) electrons. The molecule has 0 spiro atoms. The average molecular weight is 268 g/mol. The molecule has 3 unspecified atom stereocenters. The first-order chi connectivity index (χ1) is 9.93. The molecule has 2 aliphatic heterocycles. The predicted molar refractivity (Wildman–Crippen MR) is 83.4 cm³/mol. The maximum atomic E-state index is 3.82. The van der Waals surface area contributed by atoms with Crippen molar-refractivity contribution in [3.63, 3.8) is 0 Å². The van der Waals surface area contributed by atoms with E-state index in [0.717, 1.165) is 18.4 Å². The number of hydrogen-bond donors (Lipinski definition) is 2. The van der Waals surface area contributed by atoms with Gasteiger partial charge in [0.2, 0.25) is 0 Å². The molecule has 3 atom stereocenters. The number of piperidine rings is 1. The van der Waals surface area contributed by atoms with Crippen molar-refractivity contribution >= 4 is 11.8 Å². The minimum atomic E-state index is 0.545. The summed E-state index contributed by atoms with van der Waals surface area (Å²) in [6.07, 6.45) is 9.40. The fourth-order valence-electron chi connectivity index (χ4n) is 4.49. The zero-order valence-electron chi connectivity index (χ0n) is 12.1. The van der Waals surface area contributed by atoms with Gasteiger partial charge in [-0.25, -0.2) is 0 Å². The van der Waals surface area contributed by atoms with Gasteiger partial charge in [0.1, 0.15) is 0 Å². The zero-order valence-corrected chi connectivity index (χ0v) is 12.1. The normalized spacial score (nSPS) is 32.6. The molecule has 0 aromatic heterocycles. The second-order valence-electron chi connectivity index (χ2n) is 6.51. The number of nitrogens with one attached hydrogen (secondary N) is 2. The molecule has 106 valence electrons. The Kier molecular flexibility index (Phi) is 3.27. The first-order valence-corrected chi connectivity index (χ1v) is 8.20. The zero-order chi connectivity index (χ0) is 13.4. The summed E-state index contributed by atoms with van der Waals surface area (Å²) in [7, 11) is 0. The summed E-state index contributed by atoms with van der Waals surface area (Å²) in [6, 6.07) is 9.39. The van der Waals surface area contributed by atoms with Crippen LogP contribution in [-0.4, -0.2) is 19.1 Å². The lowest BCUT2D eigenvalue weighted by Gasteiger charge is -2.43. The highest BCUT2D eigenvalue weighted by Gasteiger charge is 2.36. The van der Waals surface area contributed by atoms with E-state index in [1.165, 1.54) is 54.8 Å². The van der Waals surface area contributed by atoms with Crippen molar-refractivity contribution < 1.29 is 0 Å². The van der Waals surface area contributed by atoms with E-state index >= 15 is 0 Å². The predicted octanol–water partition coefficient (Wildman–Crippen LogP) is 1.35. The quantitative estimate of drug-likeness (QED) is 0.803. The highest BCUT2D eigenvalue weighted by molar-refractivity contribution is 5.55. The van der Waals surface area contributed by atoms with Crippen LogP contribution in [0, 0.1) is 11.8 Å². The molecule has 2 heteroatoms. The van der Waals surface area contributed by atoms with Crippen molar-refractivity contribution in [2.45, 2.75) is 38.1 Å². The third kappa shape index (κ3) is 2.07. The second kappa shape index (κ2) is 5.25. The molecule has 1 aliphatic carbocycles. The highest BCUT2D eigenvalue weighted by atomic mass is 15.0.